The molecule has 6 nitrogen and oxygen atoms in total. The molecule has 0 saturated carbocycles. The predicted molar refractivity (Wildman–Crippen MR) is 94.8 cm³/mol. The van der Waals surface area contributed by atoms with Gasteiger partial charge in [-0.05, 0) is 24.6 Å². The second-order valence-corrected chi connectivity index (χ2v) is 8.40. The molecule has 1 aliphatic heterocycles. The highest BCUT2D eigenvalue weighted by atomic mass is 32.2. The fourth-order valence-electron chi connectivity index (χ4n) is 3.18. The molecular weight excluding hydrogens is 383 g/mol. The van der Waals surface area contributed by atoms with E-state index in [1.165, 1.54) is 17.5 Å². The molecule has 150 valence electrons. The fourth-order valence-corrected chi connectivity index (χ4v) is 4.72. The van der Waals surface area contributed by atoms with Crippen molar-refractivity contribution in [2.45, 2.75) is 25.6 Å². The van der Waals surface area contributed by atoms with Gasteiger partial charge in [-0.15, -0.1) is 0 Å². The first-order valence-corrected chi connectivity index (χ1v) is 10.1. The number of nitrogens with zero attached hydrogens (tertiary/aromatic N) is 3. The van der Waals surface area contributed by atoms with Crippen molar-refractivity contribution in [2.24, 2.45) is 0 Å². The summed E-state index contributed by atoms with van der Waals surface area (Å²) in [6, 6.07) is 4.67. The molecule has 1 fully saturated rings. The lowest BCUT2D eigenvalue weighted by Gasteiger charge is -2.42. The highest BCUT2D eigenvalue weighted by Crippen LogP contribution is 2.35. The Hall–Kier alpha value is -1.83. The van der Waals surface area contributed by atoms with Gasteiger partial charge in [0.1, 0.15) is 0 Å². The van der Waals surface area contributed by atoms with E-state index in [1.54, 1.807) is 17.9 Å². The SMILES string of the molecule is CCCS(=O)(=O)N1CCN(c2ccc(C#N)c(C(F)(F)F)c2)C(COC)C1. The summed E-state index contributed by atoms with van der Waals surface area (Å²) in [5.41, 5.74) is -1.16. The number of anilines is 1. The van der Waals surface area contributed by atoms with Gasteiger partial charge in [-0.1, -0.05) is 6.92 Å². The molecule has 1 atom stereocenters. The van der Waals surface area contributed by atoms with Crippen molar-refractivity contribution < 1.29 is 26.3 Å². The minimum atomic E-state index is -4.65. The smallest absolute Gasteiger partial charge is 0.383 e. The van der Waals surface area contributed by atoms with Gasteiger partial charge in [-0.25, -0.2) is 8.42 Å². The lowest BCUT2D eigenvalue weighted by atomic mass is 10.0. The molecule has 1 aromatic rings. The summed E-state index contributed by atoms with van der Waals surface area (Å²) in [6.07, 6.45) is -4.16. The Bertz CT molecular complexity index is 806. The first kappa shape index (κ1) is 21.5. The molecule has 2 rings (SSSR count). The summed E-state index contributed by atoms with van der Waals surface area (Å²) < 4.78 is 70.9. The maximum Gasteiger partial charge on any atom is 0.417 e. The van der Waals surface area contributed by atoms with Gasteiger partial charge in [-0.2, -0.15) is 22.7 Å². The van der Waals surface area contributed by atoms with Gasteiger partial charge in [0.25, 0.3) is 0 Å². The van der Waals surface area contributed by atoms with Crippen LogP contribution in [0.4, 0.5) is 18.9 Å². The molecular formula is C17H22F3N3O3S. The topological polar surface area (TPSA) is 73.6 Å². The van der Waals surface area contributed by atoms with Crippen molar-refractivity contribution >= 4 is 15.7 Å². The van der Waals surface area contributed by atoms with Crippen LogP contribution in [0.2, 0.25) is 0 Å². The zero-order valence-electron chi connectivity index (χ0n) is 15.2. The standard InChI is InChI=1S/C17H22F3N3O3S/c1-3-8-27(24,25)22-6-7-23(15(11-22)12-26-2)14-5-4-13(10-21)16(9-14)17(18,19)20/h4-5,9,15H,3,6-8,11-12H2,1-2H3. The van der Waals surface area contributed by atoms with Crippen LogP contribution in [-0.4, -0.2) is 57.9 Å². The number of halogens is 3. The van der Waals surface area contributed by atoms with E-state index in [0.29, 0.717) is 6.42 Å². The Morgan fingerprint density at radius 1 is 1.33 bits per heavy atom. The number of rotatable bonds is 6. The van der Waals surface area contributed by atoms with Crippen LogP contribution in [0.1, 0.15) is 24.5 Å². The molecule has 0 spiro atoms. The van der Waals surface area contributed by atoms with Crippen molar-refractivity contribution in [3.8, 4) is 6.07 Å². The van der Waals surface area contributed by atoms with Crippen LogP contribution in [0.25, 0.3) is 0 Å². The summed E-state index contributed by atoms with van der Waals surface area (Å²) in [5, 5.41) is 8.94. The van der Waals surface area contributed by atoms with Crippen LogP contribution in [0.3, 0.4) is 0 Å². The average Bonchev–Trinajstić information content (AvgIpc) is 2.60. The lowest BCUT2D eigenvalue weighted by Crippen LogP contribution is -2.56. The Balaban J connectivity index is 2.34. The molecule has 0 aliphatic carbocycles. The second kappa shape index (κ2) is 8.46. The molecule has 1 heterocycles. The molecule has 1 unspecified atom stereocenters. The molecule has 0 bridgehead atoms. The van der Waals surface area contributed by atoms with E-state index in [1.807, 2.05) is 0 Å². The third-order valence-electron chi connectivity index (χ3n) is 4.42. The van der Waals surface area contributed by atoms with Gasteiger partial charge >= 0.3 is 6.18 Å². The number of hydrogen-bond donors (Lipinski definition) is 0. The van der Waals surface area contributed by atoms with E-state index < -0.39 is 33.4 Å². The van der Waals surface area contributed by atoms with Gasteiger partial charge in [-0.3, -0.25) is 0 Å². The molecule has 1 aliphatic rings. The Labute approximate surface area is 157 Å². The number of sulfonamides is 1. The maximum atomic E-state index is 13.2. The molecule has 0 aromatic heterocycles. The van der Waals surface area contributed by atoms with E-state index in [2.05, 4.69) is 0 Å². The van der Waals surface area contributed by atoms with Gasteiger partial charge in [0.2, 0.25) is 10.0 Å². The van der Waals surface area contributed by atoms with Crippen LogP contribution in [0.5, 0.6) is 0 Å². The summed E-state index contributed by atoms with van der Waals surface area (Å²) in [7, 11) is -1.95. The number of benzene rings is 1. The molecule has 10 heteroatoms. The lowest BCUT2D eigenvalue weighted by molar-refractivity contribution is -0.137. The highest BCUT2D eigenvalue weighted by Gasteiger charge is 2.37. The Kier molecular flexibility index (Phi) is 6.72. The van der Waals surface area contributed by atoms with Crippen molar-refractivity contribution in [2.75, 3.05) is 44.0 Å². The van der Waals surface area contributed by atoms with Crippen LogP contribution >= 0.6 is 0 Å². The van der Waals surface area contributed by atoms with E-state index in [-0.39, 0.29) is 37.7 Å². The van der Waals surface area contributed by atoms with Crippen molar-refractivity contribution in [3.63, 3.8) is 0 Å². The summed E-state index contributed by atoms with van der Waals surface area (Å²) in [4.78, 5) is 1.71. The first-order valence-electron chi connectivity index (χ1n) is 8.48. The Morgan fingerprint density at radius 3 is 2.59 bits per heavy atom. The van der Waals surface area contributed by atoms with Crippen LogP contribution in [0, 0.1) is 11.3 Å². The number of piperazine rings is 1. The molecule has 1 aromatic carbocycles. The Morgan fingerprint density at radius 2 is 2.04 bits per heavy atom. The van der Waals surface area contributed by atoms with E-state index in [0.717, 1.165) is 12.1 Å². The molecule has 27 heavy (non-hydrogen) atoms. The number of alkyl halides is 3. The largest absolute Gasteiger partial charge is 0.417 e. The average molecular weight is 405 g/mol. The van der Waals surface area contributed by atoms with Crippen LogP contribution in [-0.2, 0) is 20.9 Å². The summed E-state index contributed by atoms with van der Waals surface area (Å²) >= 11 is 0. The number of hydrogen-bond acceptors (Lipinski definition) is 5. The van der Waals surface area contributed by atoms with Crippen molar-refractivity contribution in [1.29, 1.82) is 5.26 Å². The zero-order valence-corrected chi connectivity index (χ0v) is 16.0. The van der Waals surface area contributed by atoms with Crippen molar-refractivity contribution in [3.05, 3.63) is 29.3 Å². The minimum Gasteiger partial charge on any atom is -0.383 e. The fraction of sp³-hybridized carbons (Fsp3) is 0.588. The van der Waals surface area contributed by atoms with E-state index in [4.69, 9.17) is 10.00 Å². The predicted octanol–water partition coefficient (Wildman–Crippen LogP) is 2.45. The third kappa shape index (κ3) is 4.91. The van der Waals surface area contributed by atoms with E-state index in [9.17, 15) is 21.6 Å². The van der Waals surface area contributed by atoms with Crippen molar-refractivity contribution in [1.82, 2.24) is 4.31 Å². The summed E-state index contributed by atoms with van der Waals surface area (Å²) in [6.45, 7) is 2.50. The van der Waals surface area contributed by atoms with Crippen LogP contribution in [0.15, 0.2) is 18.2 Å². The molecule has 0 N–H and O–H groups in total. The highest BCUT2D eigenvalue weighted by molar-refractivity contribution is 7.89. The third-order valence-corrected chi connectivity index (χ3v) is 6.46. The van der Waals surface area contributed by atoms with Gasteiger partial charge in [0, 0.05) is 32.4 Å². The first-order chi connectivity index (χ1) is 12.6. The van der Waals surface area contributed by atoms with Gasteiger partial charge in [0.05, 0.1) is 35.6 Å². The minimum absolute atomic E-state index is 0.0296. The quantitative estimate of drug-likeness (QED) is 0.727. The van der Waals surface area contributed by atoms with Gasteiger partial charge in [0.15, 0.2) is 0 Å². The molecule has 0 amide bonds. The number of ether oxygens (including phenoxy) is 1. The van der Waals surface area contributed by atoms with Crippen LogP contribution < -0.4 is 4.90 Å². The van der Waals surface area contributed by atoms with E-state index >= 15 is 0 Å². The normalized spacial score (nSPS) is 19.1. The summed E-state index contributed by atoms with van der Waals surface area (Å²) in [5.74, 6) is 0.0296. The number of methoxy groups -OCH3 is 1. The molecule has 0 radical (unpaired) electrons. The zero-order chi connectivity index (χ0) is 20.2. The second-order valence-electron chi connectivity index (χ2n) is 6.32. The monoisotopic (exact) mass is 405 g/mol. The maximum absolute atomic E-state index is 13.2. The molecule has 1 saturated heterocycles. The van der Waals surface area contributed by atoms with Gasteiger partial charge < -0.3 is 9.64 Å². The number of nitriles is 1.